The van der Waals surface area contributed by atoms with Crippen LogP contribution >= 0.6 is 163 Å². The molecule has 0 bridgehead atoms. The summed E-state index contributed by atoms with van der Waals surface area (Å²) in [7, 11) is 0. The fourth-order valence-electron chi connectivity index (χ4n) is 14.6. The largest absolute Gasteiger partial charge is 0.352 e. The third-order valence-electron chi connectivity index (χ3n) is 21.1. The van der Waals surface area contributed by atoms with Gasteiger partial charge in [-0.25, -0.2) is 38.8 Å². The van der Waals surface area contributed by atoms with Crippen molar-refractivity contribution in [2.45, 2.75) is 117 Å². The second kappa shape index (κ2) is 43.5. The number of hydrazine groups is 2. The molecule has 12 aromatic rings. The minimum absolute atomic E-state index is 0.104. The van der Waals surface area contributed by atoms with Crippen LogP contribution in [0.4, 0.5) is 31.5 Å². The van der Waals surface area contributed by atoms with E-state index in [0.29, 0.717) is 142 Å². The number of nitrogens with one attached hydrogen (secondary N) is 4. The standard InChI is InChI=1S/C25H20Cl3N3OS.C25H20Cl2FN3OS.C24H19Cl3N2OS.C24H19Cl2FN2OS/c26-16-5-7-18(20(28)13-16)24-19-8-6-17(27)14-23(19)33-22-9-4-15(12-21(22)29-24)25(32)30-31-10-2-1-3-11-31;26-16-5-7-18(20(27)13-16)24-19-8-6-17(28)14-23(19)33-22-9-4-15(12-21(22)29-24)25(32)30-31-10-2-1-3-11-31;1-2-3-10-28-24(30)14-4-9-21-20(11-14)29-23(17-7-5-15(25)12-19(17)27)18-8-6-16(26)13-22(18)31-21;1-2-3-10-28-24(30)14-4-9-21-20(11-14)29-23(17-7-5-15(25)12-19(17)26)18-8-6-16(27)13-22(18)31-21/h2*4-9,12-14H,1-3,10-11H2,(H,30,32);2*4-9,11-13H,2-3,10H2,1H3,(H,28,30). The number of aliphatic imine (C=N–C) groups is 4. The molecule has 14 nitrogen and oxygen atoms in total. The highest BCUT2D eigenvalue weighted by Crippen LogP contribution is 2.49. The molecule has 0 saturated carbocycles. The molecule has 0 unspecified atom stereocenters. The molecule has 2 fully saturated rings. The summed E-state index contributed by atoms with van der Waals surface area (Å²) in [6.45, 7) is 8.90. The summed E-state index contributed by atoms with van der Waals surface area (Å²) in [4.78, 5) is 77.6. The van der Waals surface area contributed by atoms with Crippen LogP contribution in [-0.2, 0) is 0 Å². The van der Waals surface area contributed by atoms with Crippen LogP contribution in [0.3, 0.4) is 0 Å². The predicted octanol–water partition coefficient (Wildman–Crippen LogP) is 29.4. The molecule has 4 amide bonds. The third-order valence-corrected chi connectivity index (χ3v) is 28.2. The van der Waals surface area contributed by atoms with E-state index in [0.717, 1.165) is 150 Å². The number of hydrogen-bond acceptors (Lipinski definition) is 14. The lowest BCUT2D eigenvalue weighted by Crippen LogP contribution is -2.45. The van der Waals surface area contributed by atoms with Crippen LogP contribution in [-0.4, -0.2) is 95.8 Å². The minimum atomic E-state index is -0.330. The van der Waals surface area contributed by atoms with Gasteiger partial charge in [0.2, 0.25) is 0 Å². The monoisotopic (exact) mass is 1970 g/mol. The van der Waals surface area contributed by atoms with Crippen LogP contribution in [0, 0.1) is 11.6 Å². The Morgan fingerprint density at radius 2 is 0.547 bits per heavy atom. The lowest BCUT2D eigenvalue weighted by Gasteiger charge is -2.26. The Kier molecular flexibility index (Phi) is 32.0. The number of unbranched alkanes of at least 4 members (excludes halogenated alkanes) is 2. The zero-order chi connectivity index (χ0) is 89.8. The molecule has 0 atom stereocenters. The van der Waals surface area contributed by atoms with Gasteiger partial charge < -0.3 is 10.6 Å². The summed E-state index contributed by atoms with van der Waals surface area (Å²) >= 11 is 69.1. The third kappa shape index (κ3) is 23.2. The van der Waals surface area contributed by atoms with E-state index in [1.807, 2.05) is 107 Å². The van der Waals surface area contributed by atoms with Crippen LogP contribution in [0.25, 0.3) is 0 Å². The Morgan fingerprint density at radius 1 is 0.297 bits per heavy atom. The molecular weight excluding hydrogens is 1900 g/mol. The number of halogens is 12. The molecule has 0 radical (unpaired) electrons. The van der Waals surface area contributed by atoms with Crippen molar-refractivity contribution in [1.82, 2.24) is 31.5 Å². The van der Waals surface area contributed by atoms with Gasteiger partial charge in [-0.3, -0.25) is 30.0 Å². The van der Waals surface area contributed by atoms with Crippen LogP contribution < -0.4 is 21.5 Å². The van der Waals surface area contributed by atoms with Crippen LogP contribution in [0.15, 0.2) is 278 Å². The number of hydrogen-bond donors (Lipinski definition) is 4. The first-order valence-corrected chi connectivity index (χ1v) is 48.2. The summed E-state index contributed by atoms with van der Waals surface area (Å²) in [6.07, 6.45) is 10.6. The van der Waals surface area contributed by atoms with Gasteiger partial charge in [-0.05, 0) is 245 Å². The van der Waals surface area contributed by atoms with E-state index in [1.54, 1.807) is 121 Å². The van der Waals surface area contributed by atoms with Gasteiger partial charge in [-0.2, -0.15) is 0 Å². The van der Waals surface area contributed by atoms with E-state index in [1.165, 1.54) is 60.6 Å². The summed E-state index contributed by atoms with van der Waals surface area (Å²) in [5.74, 6) is -1.20. The fraction of sp³-hybridized carbons (Fsp3) is 0.184. The first-order valence-electron chi connectivity index (χ1n) is 41.2. The molecule has 0 aromatic heterocycles. The molecule has 2 saturated heterocycles. The van der Waals surface area contributed by atoms with Crippen molar-refractivity contribution in [1.29, 1.82) is 0 Å². The number of benzene rings is 12. The number of rotatable bonds is 16. The average molecular weight is 1980 g/mol. The molecule has 6 heterocycles. The van der Waals surface area contributed by atoms with Crippen molar-refractivity contribution >= 4 is 232 Å². The lowest BCUT2D eigenvalue weighted by molar-refractivity contribution is 0.0743. The second-order valence-corrected chi connectivity index (χ2v) is 38.8. The van der Waals surface area contributed by atoms with E-state index in [-0.39, 0.29) is 35.3 Å². The Labute approximate surface area is 807 Å². The topological polar surface area (TPSA) is 172 Å². The maximum atomic E-state index is 14.1. The van der Waals surface area contributed by atoms with Crippen LogP contribution in [0.2, 0.25) is 50.2 Å². The molecule has 6 aliphatic rings. The molecule has 128 heavy (non-hydrogen) atoms. The number of carbonyl (C=O) groups is 4. The molecule has 0 aliphatic carbocycles. The normalized spacial score (nSPS) is 14.2. The van der Waals surface area contributed by atoms with Crippen LogP contribution in [0.5, 0.6) is 0 Å². The maximum absolute atomic E-state index is 14.1. The van der Waals surface area contributed by atoms with Gasteiger partial charge in [0.1, 0.15) is 11.6 Å². The summed E-state index contributed by atoms with van der Waals surface area (Å²) < 4.78 is 28.1. The van der Waals surface area contributed by atoms with E-state index in [9.17, 15) is 28.0 Å². The number of carbonyl (C=O) groups excluding carboxylic acids is 4. The van der Waals surface area contributed by atoms with Crippen molar-refractivity contribution in [3.8, 4) is 0 Å². The SMILES string of the molecule is CCCCNC(=O)c1ccc2c(c1)N=C(c1ccc(Cl)cc1Cl)c1ccc(Cl)cc1S2.CCCCNC(=O)c1ccc2c(c1)N=C(c1ccc(Cl)cc1Cl)c1ccc(F)cc1S2.O=C(NN1CCCCC1)c1ccc2c(c1)N=C(c1ccc(Cl)cc1Cl)c1ccc(Cl)cc1S2.O=C(NN1CCCCC1)c1ccc2c(c1)N=C(c1ccc(Cl)cc1Cl)c1ccc(F)cc1S2. The zero-order valence-corrected chi connectivity index (χ0v) is 79.4. The van der Waals surface area contributed by atoms with Crippen molar-refractivity contribution in [3.05, 3.63) is 347 Å². The van der Waals surface area contributed by atoms with Gasteiger partial charge in [0.15, 0.2) is 0 Å². The summed E-state index contributed by atoms with van der Waals surface area (Å²) in [5, 5.41) is 15.2. The number of piperidine rings is 2. The molecular formula is C98H78Cl10F2N10O4S4. The first-order chi connectivity index (χ1) is 61.9. The molecule has 18 rings (SSSR count). The molecule has 6 aliphatic heterocycles. The van der Waals surface area contributed by atoms with E-state index in [4.69, 9.17) is 136 Å². The summed E-state index contributed by atoms with van der Waals surface area (Å²) in [5.41, 5.74) is 19.8. The zero-order valence-electron chi connectivity index (χ0n) is 68.6. The smallest absolute Gasteiger partial charge is 0.265 e. The minimum Gasteiger partial charge on any atom is -0.352 e. The Morgan fingerprint density at radius 3 is 0.820 bits per heavy atom. The second-order valence-electron chi connectivity index (χ2n) is 30.2. The van der Waals surface area contributed by atoms with Gasteiger partial charge in [-0.15, -0.1) is 0 Å². The highest BCUT2D eigenvalue weighted by molar-refractivity contribution is 8.00. The first kappa shape index (κ1) is 93.9. The molecule has 0 spiro atoms. The van der Waals surface area contributed by atoms with Gasteiger partial charge in [0.05, 0.1) is 65.7 Å². The number of amides is 4. The van der Waals surface area contributed by atoms with Gasteiger partial charge >= 0.3 is 0 Å². The van der Waals surface area contributed by atoms with Crippen molar-refractivity contribution in [2.75, 3.05) is 39.3 Å². The Balaban J connectivity index is 0.000000131. The predicted molar refractivity (Wildman–Crippen MR) is 525 cm³/mol. The Hall–Kier alpha value is -8.72. The van der Waals surface area contributed by atoms with Gasteiger partial charge in [0.25, 0.3) is 23.6 Å². The highest BCUT2D eigenvalue weighted by atomic mass is 35.5. The van der Waals surface area contributed by atoms with Crippen molar-refractivity contribution in [2.24, 2.45) is 20.0 Å². The molecule has 30 heteroatoms. The van der Waals surface area contributed by atoms with E-state index in [2.05, 4.69) is 35.3 Å². The number of fused-ring (bicyclic) bond motifs is 8. The highest BCUT2D eigenvalue weighted by Gasteiger charge is 2.30. The lowest BCUT2D eigenvalue weighted by atomic mass is 10.0. The maximum Gasteiger partial charge on any atom is 0.265 e. The van der Waals surface area contributed by atoms with E-state index >= 15 is 0 Å². The average Bonchev–Trinajstić information content (AvgIpc) is 1.65. The number of nitrogens with zero attached hydrogens (tertiary/aromatic N) is 6. The van der Waals surface area contributed by atoms with Gasteiger partial charge in [0, 0.05) is 175 Å². The molecule has 652 valence electrons. The van der Waals surface area contributed by atoms with Gasteiger partial charge in [-0.1, -0.05) is 215 Å². The van der Waals surface area contributed by atoms with Crippen LogP contribution in [0.1, 0.15) is 164 Å². The fourth-order valence-corrected chi connectivity index (χ4v) is 21.2. The summed E-state index contributed by atoms with van der Waals surface area (Å²) in [6, 6.07) is 63.7. The Bertz CT molecular complexity index is 6090. The quantitative estimate of drug-likeness (QED) is 0.0682. The van der Waals surface area contributed by atoms with E-state index < -0.39 is 0 Å². The van der Waals surface area contributed by atoms with Crippen molar-refractivity contribution in [3.63, 3.8) is 0 Å². The van der Waals surface area contributed by atoms with Crippen molar-refractivity contribution < 1.29 is 28.0 Å². The molecule has 12 aromatic carbocycles. The molecule has 4 N–H and O–H groups in total.